The van der Waals surface area contributed by atoms with E-state index in [0.29, 0.717) is 5.56 Å². The van der Waals surface area contributed by atoms with Crippen LogP contribution in [0, 0.1) is 25.2 Å². The van der Waals surface area contributed by atoms with E-state index in [-0.39, 0.29) is 0 Å². The normalized spacial score (nSPS) is 11.2. The Bertz CT molecular complexity index is 1230. The molecule has 0 saturated heterocycles. The largest absolute Gasteiger partial charge is 0.338 e. The lowest BCUT2D eigenvalue weighted by Crippen LogP contribution is -1.96. The van der Waals surface area contributed by atoms with Gasteiger partial charge >= 0.3 is 0 Å². The summed E-state index contributed by atoms with van der Waals surface area (Å²) in [5.41, 5.74) is 7.88. The molecule has 26 heavy (non-hydrogen) atoms. The van der Waals surface area contributed by atoms with Crippen LogP contribution in [0.5, 0.6) is 0 Å². The molecule has 0 bridgehead atoms. The lowest BCUT2D eigenvalue weighted by molar-refractivity contribution is 1.25. The number of benzene rings is 2. The third kappa shape index (κ3) is 2.63. The minimum absolute atomic E-state index is 0.614. The van der Waals surface area contributed by atoms with Gasteiger partial charge in [0.15, 0.2) is 0 Å². The van der Waals surface area contributed by atoms with Crippen molar-refractivity contribution < 1.29 is 0 Å². The van der Waals surface area contributed by atoms with Gasteiger partial charge in [-0.3, -0.25) is 3.97 Å². The summed E-state index contributed by atoms with van der Waals surface area (Å²) in [4.78, 5) is 8.00. The van der Waals surface area contributed by atoms with Gasteiger partial charge in [0, 0.05) is 47.5 Å². The van der Waals surface area contributed by atoms with E-state index in [0.717, 1.165) is 28.0 Å². The maximum Gasteiger partial charge on any atom is 0.138 e. The van der Waals surface area contributed by atoms with E-state index in [1.54, 1.807) is 15.2 Å². The Labute approximate surface area is 167 Å². The van der Waals surface area contributed by atoms with Crippen LogP contribution in [0.25, 0.3) is 27.5 Å². The lowest BCUT2D eigenvalue weighted by Gasteiger charge is -2.12. The van der Waals surface area contributed by atoms with Gasteiger partial charge < -0.3 is 4.98 Å². The van der Waals surface area contributed by atoms with Crippen LogP contribution in [0.15, 0.2) is 43.1 Å². The number of rotatable bonds is 3. The summed E-state index contributed by atoms with van der Waals surface area (Å²) in [6.07, 6.45) is 2.09. The molecular formula is C20H15IN4S. The van der Waals surface area contributed by atoms with E-state index in [9.17, 15) is 0 Å². The topological polar surface area (TPSA) is 57.4 Å². The zero-order valence-electron chi connectivity index (χ0n) is 14.3. The van der Waals surface area contributed by atoms with Gasteiger partial charge in [-0.15, -0.1) is 0 Å². The van der Waals surface area contributed by atoms with Crippen molar-refractivity contribution in [1.29, 1.82) is 5.26 Å². The number of fused-ring (bicyclic) bond motifs is 2. The molecule has 0 aliphatic heterocycles. The molecule has 0 fully saturated rings. The zero-order chi connectivity index (χ0) is 18.4. The Morgan fingerprint density at radius 3 is 2.81 bits per heavy atom. The average molecular weight is 470 g/mol. The summed E-state index contributed by atoms with van der Waals surface area (Å²) >= 11 is 2.29. The first-order chi connectivity index (χ1) is 12.5. The first kappa shape index (κ1) is 17.2. The third-order valence-electron chi connectivity index (χ3n) is 4.60. The molecule has 2 aromatic heterocycles. The molecule has 4 aromatic rings. The number of hydrogen-bond donors (Lipinski definition) is 1. The monoisotopic (exact) mass is 470 g/mol. The fourth-order valence-electron chi connectivity index (χ4n) is 3.48. The molecule has 2 heterocycles. The molecule has 6 heteroatoms. The van der Waals surface area contributed by atoms with Gasteiger partial charge in [0.25, 0.3) is 0 Å². The van der Waals surface area contributed by atoms with Gasteiger partial charge in [-0.2, -0.15) is 5.26 Å². The lowest BCUT2D eigenvalue weighted by atomic mass is 9.95. The van der Waals surface area contributed by atoms with Gasteiger partial charge in [-0.05, 0) is 54.8 Å². The highest BCUT2D eigenvalue weighted by atomic mass is 127. The highest BCUT2D eigenvalue weighted by molar-refractivity contribution is 14.2. The summed E-state index contributed by atoms with van der Waals surface area (Å²) in [5, 5.41) is 10.3. The van der Waals surface area contributed by atoms with Crippen molar-refractivity contribution in [3.63, 3.8) is 0 Å². The molecule has 0 aliphatic carbocycles. The predicted molar refractivity (Wildman–Crippen MR) is 117 cm³/mol. The van der Waals surface area contributed by atoms with Crippen molar-refractivity contribution in [3.8, 4) is 6.07 Å². The minimum Gasteiger partial charge on any atom is -0.338 e. The SMILES string of the molecule is C=C(c1nc2ccc(C#N)cc2[nH]1)c1c(C)cc(C)c2c1ccn2SI. The Balaban J connectivity index is 1.91. The van der Waals surface area contributed by atoms with Crippen LogP contribution in [0.3, 0.4) is 0 Å². The number of nitrogens with zero attached hydrogens (tertiary/aromatic N) is 3. The van der Waals surface area contributed by atoms with Crippen LogP contribution in [-0.4, -0.2) is 13.9 Å². The van der Waals surface area contributed by atoms with Crippen molar-refractivity contribution in [3.05, 3.63) is 71.2 Å². The Morgan fingerprint density at radius 1 is 1.27 bits per heavy atom. The molecule has 0 atom stereocenters. The first-order valence-electron chi connectivity index (χ1n) is 8.03. The molecule has 0 saturated carbocycles. The first-order valence-corrected chi connectivity index (χ1v) is 11.3. The maximum atomic E-state index is 9.09. The number of imidazole rings is 1. The molecule has 0 aliphatic rings. The summed E-state index contributed by atoms with van der Waals surface area (Å²) in [6.45, 7) is 8.58. The summed E-state index contributed by atoms with van der Waals surface area (Å²) < 4.78 is 2.17. The Kier molecular flexibility index (Phi) is 4.29. The second-order valence-electron chi connectivity index (χ2n) is 6.27. The van der Waals surface area contributed by atoms with Gasteiger partial charge in [-0.25, -0.2) is 4.98 Å². The molecular weight excluding hydrogens is 455 g/mol. The molecule has 0 amide bonds. The predicted octanol–water partition coefficient (Wildman–Crippen LogP) is 5.91. The van der Waals surface area contributed by atoms with E-state index in [1.165, 1.54) is 22.0 Å². The van der Waals surface area contributed by atoms with Crippen LogP contribution in [0.1, 0.15) is 28.1 Å². The number of nitriles is 1. The molecule has 128 valence electrons. The number of halogens is 1. The van der Waals surface area contributed by atoms with Gasteiger partial charge in [0.1, 0.15) is 5.82 Å². The minimum atomic E-state index is 0.614. The Hall–Kier alpha value is -2.24. The van der Waals surface area contributed by atoms with E-state index < -0.39 is 0 Å². The molecule has 0 spiro atoms. The summed E-state index contributed by atoms with van der Waals surface area (Å²) in [7, 11) is 1.65. The van der Waals surface area contributed by atoms with Crippen LogP contribution < -0.4 is 0 Å². The number of hydrogen-bond acceptors (Lipinski definition) is 3. The molecule has 2 aromatic carbocycles. The highest BCUT2D eigenvalue weighted by Gasteiger charge is 2.17. The molecule has 4 nitrogen and oxygen atoms in total. The van der Waals surface area contributed by atoms with Crippen LogP contribution in [0.4, 0.5) is 0 Å². The summed E-state index contributed by atoms with van der Waals surface area (Å²) in [6, 6.07) is 12.0. The van der Waals surface area contributed by atoms with Gasteiger partial charge in [0.05, 0.1) is 28.2 Å². The molecule has 0 radical (unpaired) electrons. The fraction of sp³-hybridized carbons (Fsp3) is 0.100. The van der Waals surface area contributed by atoms with Crippen LogP contribution in [-0.2, 0) is 0 Å². The van der Waals surface area contributed by atoms with Gasteiger partial charge in [-0.1, -0.05) is 12.6 Å². The molecule has 0 unspecified atom stereocenters. The smallest absolute Gasteiger partial charge is 0.138 e. The highest BCUT2D eigenvalue weighted by Crippen LogP contribution is 2.36. The number of aromatic amines is 1. The number of aromatic nitrogens is 3. The van der Waals surface area contributed by atoms with E-state index >= 15 is 0 Å². The second kappa shape index (κ2) is 6.49. The van der Waals surface area contributed by atoms with E-state index in [1.807, 2.05) is 12.1 Å². The Morgan fingerprint density at radius 2 is 2.08 bits per heavy atom. The number of H-pyrrole nitrogens is 1. The maximum absolute atomic E-state index is 9.09. The fourth-order valence-corrected chi connectivity index (χ4v) is 4.88. The third-order valence-corrected chi connectivity index (χ3v) is 6.32. The number of aryl methyl sites for hydroxylation is 2. The van der Waals surface area contributed by atoms with Gasteiger partial charge in [0.2, 0.25) is 0 Å². The quantitative estimate of drug-likeness (QED) is 0.379. The van der Waals surface area contributed by atoms with Crippen LogP contribution in [0.2, 0.25) is 0 Å². The van der Waals surface area contributed by atoms with Crippen molar-refractivity contribution in [2.24, 2.45) is 0 Å². The zero-order valence-corrected chi connectivity index (χ0v) is 17.3. The van der Waals surface area contributed by atoms with Crippen molar-refractivity contribution in [2.45, 2.75) is 13.8 Å². The number of nitrogens with one attached hydrogen (secondary N) is 1. The van der Waals surface area contributed by atoms with Crippen LogP contribution >= 0.6 is 30.3 Å². The summed E-state index contributed by atoms with van der Waals surface area (Å²) in [5.74, 6) is 0.734. The molecule has 1 N–H and O–H groups in total. The van der Waals surface area contributed by atoms with E-state index in [2.05, 4.69) is 80.0 Å². The van der Waals surface area contributed by atoms with E-state index in [4.69, 9.17) is 5.26 Å². The molecule has 4 rings (SSSR count). The average Bonchev–Trinajstić information content (AvgIpc) is 3.24. The van der Waals surface area contributed by atoms with Crippen molar-refractivity contribution in [1.82, 2.24) is 13.9 Å². The van der Waals surface area contributed by atoms with Crippen molar-refractivity contribution >= 4 is 57.8 Å². The van der Waals surface area contributed by atoms with Crippen molar-refractivity contribution in [2.75, 3.05) is 0 Å². The standard InChI is InChI=1S/C20H15IN4S/c1-11-8-12(2)19-15(6-7-25(19)26-21)18(11)13(3)20-23-16-5-4-14(10-22)9-17(16)24-20/h4-9H,3H2,1-2H3,(H,23,24). The second-order valence-corrected chi connectivity index (χ2v) is 7.98.